The molecule has 3 rings (SSSR count). The number of piperidine rings is 1. The second-order valence-corrected chi connectivity index (χ2v) is 8.04. The third-order valence-corrected chi connectivity index (χ3v) is 5.54. The molecule has 30 heavy (non-hydrogen) atoms. The Morgan fingerprint density at radius 2 is 2.03 bits per heavy atom. The Morgan fingerprint density at radius 3 is 2.70 bits per heavy atom. The maximum absolute atomic E-state index is 6.10. The summed E-state index contributed by atoms with van der Waals surface area (Å²) in [6.07, 6.45) is 5.04. The van der Waals surface area contributed by atoms with E-state index in [1.54, 1.807) is 0 Å². The van der Waals surface area contributed by atoms with Gasteiger partial charge in [-0.1, -0.05) is 18.2 Å². The number of hydrogen-bond acceptors (Lipinski definition) is 4. The quantitative estimate of drug-likeness (QED) is 0.312. The summed E-state index contributed by atoms with van der Waals surface area (Å²) in [7, 11) is 0. The lowest BCUT2D eigenvalue weighted by Gasteiger charge is -2.34. The van der Waals surface area contributed by atoms with E-state index < -0.39 is 0 Å². The van der Waals surface area contributed by atoms with Gasteiger partial charge in [-0.3, -0.25) is 0 Å². The molecule has 1 N–H and O–H groups in total. The maximum atomic E-state index is 6.10. The smallest absolute Gasteiger partial charge is 0.194 e. The molecule has 0 aliphatic carbocycles. The summed E-state index contributed by atoms with van der Waals surface area (Å²) >= 11 is 0. The molecule has 0 saturated carbocycles. The number of guanidine groups is 1. The van der Waals surface area contributed by atoms with Crippen molar-refractivity contribution in [1.82, 2.24) is 10.2 Å². The number of rotatable bonds is 8. The Morgan fingerprint density at radius 1 is 1.27 bits per heavy atom. The minimum Gasteiger partial charge on any atom is -0.489 e. The predicted octanol–water partition coefficient (Wildman–Crippen LogP) is 4.01. The summed E-state index contributed by atoms with van der Waals surface area (Å²) in [5, 5.41) is 3.43. The Labute approximate surface area is 198 Å². The highest BCUT2D eigenvalue weighted by atomic mass is 127. The van der Waals surface area contributed by atoms with E-state index in [1.807, 2.05) is 18.2 Å². The van der Waals surface area contributed by atoms with E-state index in [1.165, 1.54) is 6.42 Å². The van der Waals surface area contributed by atoms with Crippen molar-refractivity contribution in [3.8, 4) is 5.75 Å². The van der Waals surface area contributed by atoms with Crippen LogP contribution in [0.25, 0.3) is 0 Å². The number of halogens is 1. The van der Waals surface area contributed by atoms with Crippen molar-refractivity contribution in [3.63, 3.8) is 0 Å². The molecule has 1 aromatic rings. The number of nitrogens with one attached hydrogen (secondary N) is 1. The molecule has 0 amide bonds. The summed E-state index contributed by atoms with van der Waals surface area (Å²) in [6, 6.07) is 8.12. The topological polar surface area (TPSA) is 55.3 Å². The minimum atomic E-state index is 0. The molecule has 1 aromatic carbocycles. The number of benzene rings is 1. The standard InChI is InChI=1S/C23H37N3O3.HI/c1-4-24-23(25-16-19(3)29-22-10-6-5-8-18(22)2)26-13-11-20(12-14-26)28-17-21-9-7-15-27-21;/h5-6,8,10,19-21H,4,7,9,11-17H2,1-3H3,(H,24,25);1H. The fourth-order valence-corrected chi connectivity index (χ4v) is 3.84. The van der Waals surface area contributed by atoms with Crippen molar-refractivity contribution >= 4 is 29.9 Å². The van der Waals surface area contributed by atoms with E-state index in [0.29, 0.717) is 18.8 Å². The molecule has 2 aliphatic heterocycles. The lowest BCUT2D eigenvalue weighted by molar-refractivity contribution is -0.0367. The molecule has 2 heterocycles. The lowest BCUT2D eigenvalue weighted by Crippen LogP contribution is -2.47. The van der Waals surface area contributed by atoms with Crippen molar-refractivity contribution in [2.75, 3.05) is 39.4 Å². The Hall–Kier alpha value is -1.06. The monoisotopic (exact) mass is 531 g/mol. The number of para-hydroxylation sites is 1. The van der Waals surface area contributed by atoms with Crippen molar-refractivity contribution in [2.45, 2.75) is 64.8 Å². The van der Waals surface area contributed by atoms with Crippen molar-refractivity contribution in [1.29, 1.82) is 0 Å². The van der Waals surface area contributed by atoms with Crippen molar-refractivity contribution < 1.29 is 14.2 Å². The van der Waals surface area contributed by atoms with Crippen LogP contribution >= 0.6 is 24.0 Å². The van der Waals surface area contributed by atoms with Gasteiger partial charge >= 0.3 is 0 Å². The molecule has 0 bridgehead atoms. The summed E-state index contributed by atoms with van der Waals surface area (Å²) in [5.74, 6) is 1.91. The van der Waals surface area contributed by atoms with Gasteiger partial charge in [-0.25, -0.2) is 4.99 Å². The number of ether oxygens (including phenoxy) is 3. The van der Waals surface area contributed by atoms with E-state index in [0.717, 1.165) is 69.4 Å². The zero-order valence-corrected chi connectivity index (χ0v) is 21.0. The normalized spacial score (nSPS) is 21.2. The van der Waals surface area contributed by atoms with Gasteiger partial charge < -0.3 is 24.4 Å². The first-order valence-electron chi connectivity index (χ1n) is 11.1. The largest absolute Gasteiger partial charge is 0.489 e. The van der Waals surface area contributed by atoms with Crippen LogP contribution < -0.4 is 10.1 Å². The molecule has 0 radical (unpaired) electrons. The fourth-order valence-electron chi connectivity index (χ4n) is 3.84. The molecule has 2 atom stereocenters. The van der Waals surface area contributed by atoms with Gasteiger partial charge in [0.15, 0.2) is 5.96 Å². The van der Waals surface area contributed by atoms with E-state index in [4.69, 9.17) is 19.2 Å². The van der Waals surface area contributed by atoms with Crippen LogP contribution in [-0.4, -0.2) is 68.6 Å². The Kier molecular flexibility index (Phi) is 11.2. The average molecular weight is 531 g/mol. The molecule has 2 saturated heterocycles. The Bertz CT molecular complexity index is 644. The molecule has 0 spiro atoms. The number of aryl methyl sites for hydroxylation is 1. The zero-order valence-electron chi connectivity index (χ0n) is 18.6. The predicted molar refractivity (Wildman–Crippen MR) is 132 cm³/mol. The number of hydrogen-bond donors (Lipinski definition) is 1. The molecule has 6 nitrogen and oxygen atoms in total. The van der Waals surface area contributed by atoms with Crippen LogP contribution in [0.1, 0.15) is 45.1 Å². The highest BCUT2D eigenvalue weighted by molar-refractivity contribution is 14.0. The van der Waals surface area contributed by atoms with Crippen molar-refractivity contribution in [3.05, 3.63) is 29.8 Å². The van der Waals surface area contributed by atoms with Crippen LogP contribution in [0.15, 0.2) is 29.3 Å². The summed E-state index contributed by atoms with van der Waals surface area (Å²) < 4.78 is 17.8. The van der Waals surface area contributed by atoms with E-state index in [9.17, 15) is 0 Å². The van der Waals surface area contributed by atoms with Crippen molar-refractivity contribution in [2.24, 2.45) is 4.99 Å². The lowest BCUT2D eigenvalue weighted by atomic mass is 10.1. The molecule has 0 aromatic heterocycles. The van der Waals surface area contributed by atoms with Crippen LogP contribution in [-0.2, 0) is 9.47 Å². The third-order valence-electron chi connectivity index (χ3n) is 5.54. The van der Waals surface area contributed by atoms with Gasteiger partial charge in [-0.15, -0.1) is 24.0 Å². The molecule has 2 unspecified atom stereocenters. The molecular weight excluding hydrogens is 493 g/mol. The first kappa shape index (κ1) is 25.2. The molecule has 2 aliphatic rings. The van der Waals surface area contributed by atoms with Gasteiger partial charge in [0.05, 0.1) is 25.4 Å². The van der Waals surface area contributed by atoms with Crippen LogP contribution in [0.3, 0.4) is 0 Å². The van der Waals surface area contributed by atoms with Gasteiger partial charge in [0.1, 0.15) is 11.9 Å². The fraction of sp³-hybridized carbons (Fsp3) is 0.696. The Balaban J connectivity index is 0.00000320. The summed E-state index contributed by atoms with van der Waals surface area (Å²) in [6.45, 7) is 11.3. The van der Waals surface area contributed by atoms with E-state index >= 15 is 0 Å². The minimum absolute atomic E-state index is 0. The second-order valence-electron chi connectivity index (χ2n) is 8.04. The van der Waals surface area contributed by atoms with Gasteiger partial charge in [0, 0.05) is 26.2 Å². The van der Waals surface area contributed by atoms with Crippen LogP contribution in [0.5, 0.6) is 5.75 Å². The third kappa shape index (κ3) is 7.89. The highest BCUT2D eigenvalue weighted by Gasteiger charge is 2.24. The van der Waals surface area contributed by atoms with Gasteiger partial charge in [-0.05, 0) is 58.1 Å². The molecule has 7 heteroatoms. The van der Waals surface area contributed by atoms with Gasteiger partial charge in [0.25, 0.3) is 0 Å². The van der Waals surface area contributed by atoms with Crippen LogP contribution in [0.4, 0.5) is 0 Å². The first-order chi connectivity index (χ1) is 14.2. The number of likely N-dealkylation sites (tertiary alicyclic amines) is 1. The highest BCUT2D eigenvalue weighted by Crippen LogP contribution is 2.19. The second kappa shape index (κ2) is 13.4. The van der Waals surface area contributed by atoms with Crippen LogP contribution in [0.2, 0.25) is 0 Å². The summed E-state index contributed by atoms with van der Waals surface area (Å²) in [4.78, 5) is 7.19. The van der Waals surface area contributed by atoms with Crippen LogP contribution in [0, 0.1) is 6.92 Å². The summed E-state index contributed by atoms with van der Waals surface area (Å²) in [5.41, 5.74) is 1.15. The van der Waals surface area contributed by atoms with E-state index in [2.05, 4.69) is 37.1 Å². The number of nitrogens with zero attached hydrogens (tertiary/aromatic N) is 2. The average Bonchev–Trinajstić information content (AvgIpc) is 3.25. The molecular formula is C23H38IN3O3. The first-order valence-corrected chi connectivity index (χ1v) is 11.1. The number of aliphatic imine (C=N–C) groups is 1. The van der Waals surface area contributed by atoms with Gasteiger partial charge in [0.2, 0.25) is 0 Å². The molecule has 2 fully saturated rings. The van der Waals surface area contributed by atoms with E-state index in [-0.39, 0.29) is 30.1 Å². The SMILES string of the molecule is CCNC(=NCC(C)Oc1ccccc1C)N1CCC(OCC2CCCO2)CC1.I. The maximum Gasteiger partial charge on any atom is 0.194 e. The zero-order chi connectivity index (χ0) is 20.5. The van der Waals surface area contributed by atoms with Gasteiger partial charge in [-0.2, -0.15) is 0 Å². The molecule has 170 valence electrons.